The van der Waals surface area contributed by atoms with Crippen LogP contribution in [0.2, 0.25) is 0 Å². The summed E-state index contributed by atoms with van der Waals surface area (Å²) in [7, 11) is 0. The van der Waals surface area contributed by atoms with Crippen LogP contribution in [-0.2, 0) is 19.5 Å². The first-order chi connectivity index (χ1) is 9.60. The Labute approximate surface area is 129 Å². The van der Waals surface area contributed by atoms with Crippen molar-refractivity contribution in [1.82, 2.24) is 14.9 Å². The molecule has 4 heteroatoms. The molecule has 0 aliphatic carbocycles. The Bertz CT molecular complexity index is 561. The lowest BCUT2D eigenvalue weighted by Gasteiger charge is -2.12. The third kappa shape index (κ3) is 3.93. The topological polar surface area (TPSA) is 29.9 Å². The van der Waals surface area contributed by atoms with Gasteiger partial charge in [0, 0.05) is 42.4 Å². The molecule has 0 unspecified atom stereocenters. The van der Waals surface area contributed by atoms with Gasteiger partial charge in [-0.1, -0.05) is 48.8 Å². The normalized spacial score (nSPS) is 11.2. The molecule has 108 valence electrons. The molecule has 0 saturated carbocycles. The zero-order valence-corrected chi connectivity index (χ0v) is 13.9. The molecule has 0 bridgehead atoms. The van der Waals surface area contributed by atoms with Gasteiger partial charge >= 0.3 is 0 Å². The van der Waals surface area contributed by atoms with Crippen molar-refractivity contribution in [1.29, 1.82) is 0 Å². The fourth-order valence-corrected chi connectivity index (χ4v) is 2.68. The van der Waals surface area contributed by atoms with E-state index in [0.29, 0.717) is 6.04 Å². The number of hydrogen-bond acceptors (Lipinski definition) is 2. The number of hydrogen-bond donors (Lipinski definition) is 1. The highest BCUT2D eigenvalue weighted by Gasteiger charge is 2.06. The fourth-order valence-electron chi connectivity index (χ4n) is 2.13. The summed E-state index contributed by atoms with van der Waals surface area (Å²) >= 11 is 3.68. The molecule has 0 spiro atoms. The molecular weight excluding hydrogens is 314 g/mol. The number of halogens is 1. The molecule has 0 fully saturated rings. The van der Waals surface area contributed by atoms with Crippen LogP contribution in [0.5, 0.6) is 0 Å². The average Bonchev–Trinajstić information content (AvgIpc) is 2.86. The molecule has 1 aromatic heterocycles. The maximum absolute atomic E-state index is 4.36. The first kappa shape index (κ1) is 15.3. The van der Waals surface area contributed by atoms with Crippen molar-refractivity contribution >= 4 is 15.9 Å². The van der Waals surface area contributed by atoms with Gasteiger partial charge in [-0.2, -0.15) is 0 Å². The second-order valence-corrected chi connectivity index (χ2v) is 6.14. The summed E-state index contributed by atoms with van der Waals surface area (Å²) in [6, 6.07) is 7.10. The second-order valence-electron chi connectivity index (χ2n) is 5.29. The molecular formula is C16H22BrN3. The van der Waals surface area contributed by atoms with Crippen LogP contribution < -0.4 is 5.32 Å². The molecule has 20 heavy (non-hydrogen) atoms. The quantitative estimate of drug-likeness (QED) is 0.871. The average molecular weight is 336 g/mol. The van der Waals surface area contributed by atoms with E-state index in [0.717, 1.165) is 29.8 Å². The number of benzene rings is 1. The van der Waals surface area contributed by atoms with Gasteiger partial charge in [-0.05, 0) is 17.2 Å². The van der Waals surface area contributed by atoms with Crippen LogP contribution in [0.3, 0.4) is 0 Å². The van der Waals surface area contributed by atoms with Gasteiger partial charge in [0.15, 0.2) is 0 Å². The summed E-state index contributed by atoms with van der Waals surface area (Å²) in [5.74, 6) is 1.13. The minimum Gasteiger partial charge on any atom is -0.330 e. The Hall–Kier alpha value is -1.13. The lowest BCUT2D eigenvalue weighted by molar-refractivity contribution is 0.588. The molecule has 2 aromatic rings. The number of aryl methyl sites for hydroxylation is 1. The molecule has 0 aliphatic heterocycles. The van der Waals surface area contributed by atoms with Gasteiger partial charge in [-0.25, -0.2) is 4.98 Å². The minimum atomic E-state index is 0.506. The third-order valence-corrected chi connectivity index (χ3v) is 4.03. The Morgan fingerprint density at radius 3 is 2.80 bits per heavy atom. The second kappa shape index (κ2) is 7.04. The van der Waals surface area contributed by atoms with E-state index in [-0.39, 0.29) is 0 Å². The molecule has 1 N–H and O–H groups in total. The fraction of sp³-hybridized carbons (Fsp3) is 0.438. The molecule has 0 saturated heterocycles. The van der Waals surface area contributed by atoms with Crippen molar-refractivity contribution in [2.24, 2.45) is 0 Å². The van der Waals surface area contributed by atoms with Crippen molar-refractivity contribution in [3.05, 3.63) is 52.0 Å². The smallest absolute Gasteiger partial charge is 0.108 e. The third-order valence-electron chi connectivity index (χ3n) is 3.29. The number of nitrogens with zero attached hydrogens (tertiary/aromatic N) is 2. The predicted molar refractivity (Wildman–Crippen MR) is 86.8 cm³/mol. The van der Waals surface area contributed by atoms with Gasteiger partial charge in [0.05, 0.1) is 0 Å². The van der Waals surface area contributed by atoms with Gasteiger partial charge in [0.25, 0.3) is 0 Å². The molecule has 0 radical (unpaired) electrons. The van der Waals surface area contributed by atoms with E-state index in [2.05, 4.69) is 69.8 Å². The highest BCUT2D eigenvalue weighted by molar-refractivity contribution is 9.10. The van der Waals surface area contributed by atoms with Gasteiger partial charge < -0.3 is 9.88 Å². The van der Waals surface area contributed by atoms with E-state index in [1.165, 1.54) is 11.1 Å². The summed E-state index contributed by atoms with van der Waals surface area (Å²) in [5, 5.41) is 3.44. The van der Waals surface area contributed by atoms with E-state index in [1.807, 2.05) is 12.4 Å². The lowest BCUT2D eigenvalue weighted by Crippen LogP contribution is -2.21. The van der Waals surface area contributed by atoms with Crippen molar-refractivity contribution in [2.45, 2.75) is 46.3 Å². The Balaban J connectivity index is 2.10. The summed E-state index contributed by atoms with van der Waals surface area (Å²) in [4.78, 5) is 4.36. The van der Waals surface area contributed by atoms with Crippen LogP contribution in [0.4, 0.5) is 0 Å². The van der Waals surface area contributed by atoms with Crippen LogP contribution >= 0.6 is 15.9 Å². The first-order valence-corrected chi connectivity index (χ1v) is 7.90. The van der Waals surface area contributed by atoms with Gasteiger partial charge in [-0.3, -0.25) is 0 Å². The summed E-state index contributed by atoms with van der Waals surface area (Å²) < 4.78 is 3.36. The largest absolute Gasteiger partial charge is 0.330 e. The number of nitrogens with one attached hydrogen (secondary N) is 1. The van der Waals surface area contributed by atoms with Crippen molar-refractivity contribution in [3.63, 3.8) is 0 Å². The van der Waals surface area contributed by atoms with E-state index in [4.69, 9.17) is 0 Å². The summed E-state index contributed by atoms with van der Waals surface area (Å²) in [6.45, 7) is 8.22. The van der Waals surface area contributed by atoms with Gasteiger partial charge in [0.1, 0.15) is 5.82 Å². The minimum absolute atomic E-state index is 0.506. The van der Waals surface area contributed by atoms with Crippen LogP contribution in [0.1, 0.15) is 37.7 Å². The van der Waals surface area contributed by atoms with Crippen LogP contribution in [0, 0.1) is 0 Å². The molecule has 1 aromatic carbocycles. The van der Waals surface area contributed by atoms with Crippen LogP contribution in [0.15, 0.2) is 35.1 Å². The number of aromatic nitrogens is 2. The van der Waals surface area contributed by atoms with Crippen molar-refractivity contribution in [2.75, 3.05) is 0 Å². The highest BCUT2D eigenvalue weighted by Crippen LogP contribution is 2.20. The SMILES string of the molecule is CCc1nccn1Cc1ccc(CNC(C)C)cc1Br. The zero-order chi connectivity index (χ0) is 14.5. The first-order valence-electron chi connectivity index (χ1n) is 7.10. The standard InChI is InChI=1S/C16H22BrN3/c1-4-16-18-7-8-20(16)11-14-6-5-13(9-15(14)17)10-19-12(2)3/h5-9,12,19H,4,10-11H2,1-3H3. The van der Waals surface area contributed by atoms with E-state index in [9.17, 15) is 0 Å². The van der Waals surface area contributed by atoms with E-state index < -0.39 is 0 Å². The highest BCUT2D eigenvalue weighted by atomic mass is 79.9. The molecule has 0 amide bonds. The Morgan fingerprint density at radius 2 is 2.15 bits per heavy atom. The van der Waals surface area contributed by atoms with E-state index in [1.54, 1.807) is 0 Å². The summed E-state index contributed by atoms with van der Waals surface area (Å²) in [5.41, 5.74) is 2.58. The molecule has 0 aliphatic rings. The van der Waals surface area contributed by atoms with Crippen LogP contribution in [0.25, 0.3) is 0 Å². The molecule has 2 rings (SSSR count). The summed E-state index contributed by atoms with van der Waals surface area (Å²) in [6.07, 6.45) is 4.87. The molecule has 1 heterocycles. The molecule has 3 nitrogen and oxygen atoms in total. The van der Waals surface area contributed by atoms with Crippen molar-refractivity contribution < 1.29 is 0 Å². The lowest BCUT2D eigenvalue weighted by atomic mass is 10.1. The molecule has 0 atom stereocenters. The zero-order valence-electron chi connectivity index (χ0n) is 12.4. The maximum atomic E-state index is 4.36. The predicted octanol–water partition coefficient (Wildman–Crippen LogP) is 3.75. The van der Waals surface area contributed by atoms with Crippen LogP contribution in [-0.4, -0.2) is 15.6 Å². The Kier molecular flexibility index (Phi) is 5.38. The maximum Gasteiger partial charge on any atom is 0.108 e. The van der Waals surface area contributed by atoms with Gasteiger partial charge in [0.2, 0.25) is 0 Å². The van der Waals surface area contributed by atoms with Gasteiger partial charge in [-0.15, -0.1) is 0 Å². The number of rotatable bonds is 6. The van der Waals surface area contributed by atoms with E-state index >= 15 is 0 Å². The van der Waals surface area contributed by atoms with Crippen molar-refractivity contribution in [3.8, 4) is 0 Å². The Morgan fingerprint density at radius 1 is 1.35 bits per heavy atom. The number of imidazole rings is 1. The monoisotopic (exact) mass is 335 g/mol.